The summed E-state index contributed by atoms with van der Waals surface area (Å²) in [6, 6.07) is 12.4. The van der Waals surface area contributed by atoms with Crippen molar-refractivity contribution in [3.05, 3.63) is 65.4 Å². The number of aryl methyl sites for hydroxylation is 2. The van der Waals surface area contributed by atoms with Gasteiger partial charge in [0, 0.05) is 23.2 Å². The van der Waals surface area contributed by atoms with E-state index >= 15 is 0 Å². The maximum atomic E-state index is 13.0. The van der Waals surface area contributed by atoms with Crippen LogP contribution in [0, 0.1) is 13.8 Å². The smallest absolute Gasteiger partial charge is 0.243 e. The Labute approximate surface area is 154 Å². The minimum atomic E-state index is -3.75. The van der Waals surface area contributed by atoms with E-state index in [4.69, 9.17) is 4.74 Å². The molecule has 136 valence electrons. The number of rotatable bonds is 5. The van der Waals surface area contributed by atoms with Gasteiger partial charge in [-0.1, -0.05) is 29.8 Å². The first-order chi connectivity index (χ1) is 12.3. The van der Waals surface area contributed by atoms with Crippen molar-refractivity contribution in [2.75, 3.05) is 7.11 Å². The lowest BCUT2D eigenvalue weighted by molar-refractivity contribution is 0.405. The van der Waals surface area contributed by atoms with Crippen LogP contribution in [0.25, 0.3) is 10.9 Å². The molecule has 0 saturated heterocycles. The Kier molecular flexibility index (Phi) is 4.98. The Balaban J connectivity index is 2.01. The zero-order chi connectivity index (χ0) is 18.9. The second-order valence-electron chi connectivity index (χ2n) is 6.43. The molecule has 0 amide bonds. The summed E-state index contributed by atoms with van der Waals surface area (Å²) in [6.45, 7) is 5.69. The van der Waals surface area contributed by atoms with E-state index in [-0.39, 0.29) is 4.90 Å². The van der Waals surface area contributed by atoms with Gasteiger partial charge in [0.25, 0.3) is 0 Å². The van der Waals surface area contributed by atoms with Crippen LogP contribution in [0.15, 0.2) is 53.6 Å². The molecule has 2 aromatic carbocycles. The van der Waals surface area contributed by atoms with Crippen LogP contribution in [0.1, 0.15) is 29.7 Å². The van der Waals surface area contributed by atoms with Gasteiger partial charge >= 0.3 is 0 Å². The summed E-state index contributed by atoms with van der Waals surface area (Å²) in [5.41, 5.74) is 3.28. The maximum Gasteiger partial charge on any atom is 0.243 e. The number of aromatic nitrogens is 1. The third-order valence-corrected chi connectivity index (χ3v) is 5.86. The quantitative estimate of drug-likeness (QED) is 0.740. The fraction of sp³-hybridized carbons (Fsp3) is 0.250. The fourth-order valence-electron chi connectivity index (χ4n) is 3.01. The Morgan fingerprint density at radius 2 is 1.85 bits per heavy atom. The van der Waals surface area contributed by atoms with Gasteiger partial charge in [0.15, 0.2) is 0 Å². The van der Waals surface area contributed by atoms with Gasteiger partial charge in [-0.2, -0.15) is 0 Å². The number of hydrogen-bond donors (Lipinski definition) is 1. The van der Waals surface area contributed by atoms with Crippen molar-refractivity contribution in [3.63, 3.8) is 0 Å². The molecule has 0 aliphatic rings. The van der Waals surface area contributed by atoms with Gasteiger partial charge in [0.2, 0.25) is 10.0 Å². The SMILES string of the molecule is COc1ccc(C)cc1[C@H](C)NS(=O)(=O)c1cccc2cc(C)cnc12. The fourth-order valence-corrected chi connectivity index (χ4v) is 4.41. The molecule has 1 atom stereocenters. The maximum absolute atomic E-state index is 13.0. The highest BCUT2D eigenvalue weighted by Crippen LogP contribution is 2.28. The number of hydrogen-bond acceptors (Lipinski definition) is 4. The molecule has 1 aromatic heterocycles. The molecule has 3 aromatic rings. The molecule has 1 heterocycles. The Hall–Kier alpha value is -2.44. The Morgan fingerprint density at radius 1 is 1.08 bits per heavy atom. The molecule has 0 aliphatic carbocycles. The van der Waals surface area contributed by atoms with E-state index in [1.54, 1.807) is 32.4 Å². The number of methoxy groups -OCH3 is 1. The topological polar surface area (TPSA) is 68.3 Å². The van der Waals surface area contributed by atoms with Crippen molar-refractivity contribution in [2.24, 2.45) is 0 Å². The lowest BCUT2D eigenvalue weighted by Crippen LogP contribution is -2.27. The summed E-state index contributed by atoms with van der Waals surface area (Å²) >= 11 is 0. The highest BCUT2D eigenvalue weighted by molar-refractivity contribution is 7.89. The third kappa shape index (κ3) is 3.57. The first kappa shape index (κ1) is 18.4. The van der Waals surface area contributed by atoms with E-state index in [1.165, 1.54) is 0 Å². The van der Waals surface area contributed by atoms with Gasteiger partial charge in [0.05, 0.1) is 12.6 Å². The summed E-state index contributed by atoms with van der Waals surface area (Å²) in [5, 5.41) is 0.800. The molecule has 0 aliphatic heterocycles. The molecule has 0 radical (unpaired) electrons. The van der Waals surface area contributed by atoms with Crippen molar-refractivity contribution < 1.29 is 13.2 Å². The first-order valence-electron chi connectivity index (χ1n) is 8.34. The second kappa shape index (κ2) is 7.05. The summed E-state index contributed by atoms with van der Waals surface area (Å²) in [4.78, 5) is 4.51. The predicted octanol–water partition coefficient (Wildman–Crippen LogP) is 3.90. The average molecular weight is 370 g/mol. The van der Waals surface area contributed by atoms with Gasteiger partial charge in [-0.15, -0.1) is 0 Å². The van der Waals surface area contributed by atoms with Crippen LogP contribution < -0.4 is 9.46 Å². The number of sulfonamides is 1. The number of pyridine rings is 1. The van der Waals surface area contributed by atoms with Crippen LogP contribution in [-0.4, -0.2) is 20.5 Å². The molecule has 3 rings (SSSR count). The van der Waals surface area contributed by atoms with E-state index in [9.17, 15) is 8.42 Å². The van der Waals surface area contributed by atoms with Crippen LogP contribution in [0.5, 0.6) is 5.75 Å². The summed E-state index contributed by atoms with van der Waals surface area (Å²) in [5.74, 6) is 0.650. The van der Waals surface area contributed by atoms with Crippen molar-refractivity contribution in [2.45, 2.75) is 31.7 Å². The minimum absolute atomic E-state index is 0.175. The van der Waals surface area contributed by atoms with Crippen molar-refractivity contribution in [1.82, 2.24) is 9.71 Å². The molecule has 5 nitrogen and oxygen atoms in total. The molecule has 0 spiro atoms. The van der Waals surface area contributed by atoms with Gasteiger partial charge in [-0.05, 0) is 44.5 Å². The van der Waals surface area contributed by atoms with Gasteiger partial charge in [-0.25, -0.2) is 13.1 Å². The molecule has 0 fully saturated rings. The molecule has 0 bridgehead atoms. The zero-order valence-electron chi connectivity index (χ0n) is 15.3. The van der Waals surface area contributed by atoms with Crippen molar-refractivity contribution in [1.29, 1.82) is 0 Å². The van der Waals surface area contributed by atoms with Crippen LogP contribution in [0.2, 0.25) is 0 Å². The van der Waals surface area contributed by atoms with E-state index < -0.39 is 16.1 Å². The van der Waals surface area contributed by atoms with Crippen molar-refractivity contribution in [3.8, 4) is 5.75 Å². The Bertz CT molecular complexity index is 1060. The van der Waals surface area contributed by atoms with E-state index in [0.717, 1.165) is 22.1 Å². The standard InChI is InChI=1S/C20H22N2O3S/c1-13-8-9-18(25-4)17(11-13)15(3)22-26(23,24)19-7-5-6-16-10-14(2)12-21-20(16)19/h5-12,15,22H,1-4H3/t15-/m0/s1. The molecule has 6 heteroatoms. The van der Waals surface area contributed by atoms with Crippen molar-refractivity contribution >= 4 is 20.9 Å². The van der Waals surface area contributed by atoms with E-state index in [1.807, 2.05) is 44.2 Å². The lowest BCUT2D eigenvalue weighted by Gasteiger charge is -2.18. The van der Waals surface area contributed by atoms with Crippen LogP contribution >= 0.6 is 0 Å². The van der Waals surface area contributed by atoms with Crippen LogP contribution in [-0.2, 0) is 10.0 Å². The largest absolute Gasteiger partial charge is 0.496 e. The second-order valence-corrected chi connectivity index (χ2v) is 8.11. The number of nitrogens with one attached hydrogen (secondary N) is 1. The van der Waals surface area contributed by atoms with E-state index in [2.05, 4.69) is 9.71 Å². The monoisotopic (exact) mass is 370 g/mol. The molecule has 0 saturated carbocycles. The molecule has 26 heavy (non-hydrogen) atoms. The molecular formula is C20H22N2O3S. The normalized spacial score (nSPS) is 12.9. The molecule has 1 N–H and O–H groups in total. The third-order valence-electron chi connectivity index (χ3n) is 4.28. The van der Waals surface area contributed by atoms with Crippen LogP contribution in [0.3, 0.4) is 0 Å². The number of fused-ring (bicyclic) bond motifs is 1. The number of ether oxygens (including phenoxy) is 1. The minimum Gasteiger partial charge on any atom is -0.496 e. The highest BCUT2D eigenvalue weighted by atomic mass is 32.2. The van der Waals surface area contributed by atoms with Gasteiger partial charge in [-0.3, -0.25) is 4.98 Å². The molecule has 0 unspecified atom stereocenters. The molecular weight excluding hydrogens is 348 g/mol. The highest BCUT2D eigenvalue weighted by Gasteiger charge is 2.23. The predicted molar refractivity (Wildman–Crippen MR) is 103 cm³/mol. The number of nitrogens with zero attached hydrogens (tertiary/aromatic N) is 1. The number of para-hydroxylation sites is 1. The first-order valence-corrected chi connectivity index (χ1v) is 9.82. The lowest BCUT2D eigenvalue weighted by atomic mass is 10.1. The van der Waals surface area contributed by atoms with Gasteiger partial charge in [0.1, 0.15) is 10.6 Å². The summed E-state index contributed by atoms with van der Waals surface area (Å²) in [7, 11) is -2.18. The summed E-state index contributed by atoms with van der Waals surface area (Å²) < 4.78 is 34.1. The van der Waals surface area contributed by atoms with Crippen LogP contribution in [0.4, 0.5) is 0 Å². The van der Waals surface area contributed by atoms with E-state index in [0.29, 0.717) is 11.3 Å². The summed E-state index contributed by atoms with van der Waals surface area (Å²) in [6.07, 6.45) is 1.67. The zero-order valence-corrected chi connectivity index (χ0v) is 16.1. The number of benzene rings is 2. The Morgan fingerprint density at radius 3 is 2.58 bits per heavy atom. The van der Waals surface area contributed by atoms with Gasteiger partial charge < -0.3 is 4.74 Å². The average Bonchev–Trinajstić information content (AvgIpc) is 2.60.